The minimum atomic E-state index is 0.281. The monoisotopic (exact) mass is 251 g/mol. The molecule has 1 rings (SSSR count). The van der Waals surface area contributed by atoms with Gasteiger partial charge in [0.2, 0.25) is 5.88 Å². The fraction of sp³-hybridized carbons (Fsp3) is 0.714. The maximum Gasteiger partial charge on any atom is 0.233 e. The third kappa shape index (κ3) is 4.26. The first-order valence-electron chi connectivity index (χ1n) is 6.83. The largest absolute Gasteiger partial charge is 0.480 e. The number of aromatic nitrogens is 2. The van der Waals surface area contributed by atoms with Crippen LogP contribution in [0, 0.1) is 5.92 Å². The van der Waals surface area contributed by atoms with Crippen LogP contribution in [0.3, 0.4) is 0 Å². The van der Waals surface area contributed by atoms with E-state index >= 15 is 0 Å². The average Bonchev–Trinajstić information content (AvgIpc) is 2.40. The van der Waals surface area contributed by atoms with Crippen molar-refractivity contribution in [1.29, 1.82) is 0 Å². The maximum absolute atomic E-state index is 5.04. The van der Waals surface area contributed by atoms with Crippen LogP contribution in [0.5, 0.6) is 5.88 Å². The second-order valence-corrected chi connectivity index (χ2v) is 4.70. The van der Waals surface area contributed by atoms with Crippen LogP contribution in [0.2, 0.25) is 0 Å². The molecule has 4 nitrogen and oxygen atoms in total. The van der Waals surface area contributed by atoms with Crippen LogP contribution in [-0.4, -0.2) is 23.9 Å². The zero-order valence-corrected chi connectivity index (χ0v) is 11.9. The van der Waals surface area contributed by atoms with E-state index in [4.69, 9.17) is 4.74 Å². The van der Waals surface area contributed by atoms with Crippen LogP contribution in [0.1, 0.15) is 51.8 Å². The highest BCUT2D eigenvalue weighted by Crippen LogP contribution is 2.24. The lowest BCUT2D eigenvalue weighted by Gasteiger charge is -2.24. The van der Waals surface area contributed by atoms with E-state index in [9.17, 15) is 0 Å². The Morgan fingerprint density at radius 2 is 2.00 bits per heavy atom. The highest BCUT2D eigenvalue weighted by molar-refractivity contribution is 5.14. The number of nitrogens with one attached hydrogen (secondary N) is 1. The lowest BCUT2D eigenvalue weighted by molar-refractivity contribution is 0.349. The lowest BCUT2D eigenvalue weighted by Crippen LogP contribution is -2.28. The predicted octanol–water partition coefficient (Wildman–Crippen LogP) is 2.96. The Labute approximate surface area is 110 Å². The molecule has 0 saturated heterocycles. The molecule has 0 aliphatic rings. The first kappa shape index (κ1) is 14.9. The number of ether oxygens (including phenoxy) is 1. The van der Waals surface area contributed by atoms with Crippen LogP contribution in [-0.2, 0) is 0 Å². The molecule has 18 heavy (non-hydrogen) atoms. The Balaban J connectivity index is 2.79. The van der Waals surface area contributed by atoms with Crippen LogP contribution in [0.4, 0.5) is 0 Å². The Morgan fingerprint density at radius 3 is 2.50 bits per heavy atom. The number of rotatable bonds is 8. The standard InChI is InChI=1S/C14H25N3O/c1-5-7-11(3)14(15-10-6-2)12-8-9-13(18-4)17-16-12/h8-9,11,14-15H,5-7,10H2,1-4H3. The fourth-order valence-corrected chi connectivity index (χ4v) is 2.12. The molecule has 0 aromatic carbocycles. The third-order valence-electron chi connectivity index (χ3n) is 3.12. The van der Waals surface area contributed by atoms with Crippen LogP contribution in [0.15, 0.2) is 12.1 Å². The molecule has 0 spiro atoms. The van der Waals surface area contributed by atoms with E-state index in [2.05, 4.69) is 36.3 Å². The van der Waals surface area contributed by atoms with Crippen molar-refractivity contribution in [1.82, 2.24) is 15.5 Å². The number of nitrogens with zero attached hydrogens (tertiary/aromatic N) is 2. The zero-order chi connectivity index (χ0) is 13.4. The molecule has 0 radical (unpaired) electrons. The molecule has 0 amide bonds. The Bertz CT molecular complexity index is 326. The highest BCUT2D eigenvalue weighted by atomic mass is 16.5. The first-order valence-corrected chi connectivity index (χ1v) is 6.83. The Morgan fingerprint density at radius 1 is 1.22 bits per heavy atom. The van der Waals surface area contributed by atoms with Crippen LogP contribution >= 0.6 is 0 Å². The molecule has 4 heteroatoms. The molecular formula is C14H25N3O. The smallest absolute Gasteiger partial charge is 0.233 e. The van der Waals surface area contributed by atoms with Gasteiger partial charge >= 0.3 is 0 Å². The van der Waals surface area contributed by atoms with Gasteiger partial charge in [-0.05, 0) is 31.4 Å². The van der Waals surface area contributed by atoms with Gasteiger partial charge in [-0.1, -0.05) is 27.2 Å². The molecule has 0 aliphatic heterocycles. The molecule has 2 unspecified atom stereocenters. The normalized spacial score (nSPS) is 14.2. The molecule has 0 saturated carbocycles. The van der Waals surface area contributed by atoms with E-state index in [1.54, 1.807) is 7.11 Å². The van der Waals surface area contributed by atoms with E-state index in [0.29, 0.717) is 11.8 Å². The molecular weight excluding hydrogens is 226 g/mol. The van der Waals surface area contributed by atoms with E-state index in [0.717, 1.165) is 18.7 Å². The minimum Gasteiger partial charge on any atom is -0.480 e. The Hall–Kier alpha value is -1.16. The van der Waals surface area contributed by atoms with Crippen LogP contribution in [0.25, 0.3) is 0 Å². The van der Waals surface area contributed by atoms with Crippen LogP contribution < -0.4 is 10.1 Å². The summed E-state index contributed by atoms with van der Waals surface area (Å²) in [6, 6.07) is 4.16. The fourth-order valence-electron chi connectivity index (χ4n) is 2.12. The maximum atomic E-state index is 5.04. The number of hydrogen-bond donors (Lipinski definition) is 1. The summed E-state index contributed by atoms with van der Waals surface area (Å²) >= 11 is 0. The SMILES string of the molecule is CCCNC(c1ccc(OC)nn1)C(C)CCC. The van der Waals surface area contributed by atoms with Crippen molar-refractivity contribution in [2.24, 2.45) is 5.92 Å². The summed E-state index contributed by atoms with van der Waals surface area (Å²) in [4.78, 5) is 0. The van der Waals surface area contributed by atoms with E-state index in [1.165, 1.54) is 12.8 Å². The Kier molecular flexibility index (Phi) is 6.65. The van der Waals surface area contributed by atoms with E-state index < -0.39 is 0 Å². The second-order valence-electron chi connectivity index (χ2n) is 4.70. The van der Waals surface area contributed by atoms with Crippen molar-refractivity contribution >= 4 is 0 Å². The molecule has 0 bridgehead atoms. The lowest BCUT2D eigenvalue weighted by atomic mass is 9.94. The van der Waals surface area contributed by atoms with Crippen molar-refractivity contribution in [3.8, 4) is 5.88 Å². The summed E-state index contributed by atoms with van der Waals surface area (Å²) < 4.78 is 5.04. The molecule has 1 N–H and O–H groups in total. The van der Waals surface area contributed by atoms with Gasteiger partial charge in [0.25, 0.3) is 0 Å². The van der Waals surface area contributed by atoms with Gasteiger partial charge in [0.05, 0.1) is 18.8 Å². The first-order chi connectivity index (χ1) is 8.72. The third-order valence-corrected chi connectivity index (χ3v) is 3.12. The summed E-state index contributed by atoms with van der Waals surface area (Å²) in [5.74, 6) is 1.13. The highest BCUT2D eigenvalue weighted by Gasteiger charge is 2.19. The summed E-state index contributed by atoms with van der Waals surface area (Å²) in [6.45, 7) is 7.66. The van der Waals surface area contributed by atoms with Gasteiger partial charge in [0, 0.05) is 6.07 Å². The number of hydrogen-bond acceptors (Lipinski definition) is 4. The van der Waals surface area contributed by atoms with Gasteiger partial charge in [-0.3, -0.25) is 0 Å². The van der Waals surface area contributed by atoms with Gasteiger partial charge < -0.3 is 10.1 Å². The van der Waals surface area contributed by atoms with Gasteiger partial charge in [-0.15, -0.1) is 5.10 Å². The average molecular weight is 251 g/mol. The summed E-state index contributed by atoms with van der Waals surface area (Å²) in [6.07, 6.45) is 3.50. The summed E-state index contributed by atoms with van der Waals surface area (Å²) in [5, 5.41) is 11.9. The quantitative estimate of drug-likeness (QED) is 0.771. The van der Waals surface area contributed by atoms with Crippen molar-refractivity contribution in [3.05, 3.63) is 17.8 Å². The van der Waals surface area contributed by atoms with Crippen molar-refractivity contribution in [3.63, 3.8) is 0 Å². The van der Waals surface area contributed by atoms with E-state index in [-0.39, 0.29) is 6.04 Å². The molecule has 0 fully saturated rings. The van der Waals surface area contributed by atoms with Gasteiger partial charge in [-0.2, -0.15) is 5.10 Å². The molecule has 1 heterocycles. The van der Waals surface area contributed by atoms with Crippen molar-refractivity contribution < 1.29 is 4.74 Å². The molecule has 2 atom stereocenters. The molecule has 0 aliphatic carbocycles. The predicted molar refractivity (Wildman–Crippen MR) is 73.7 cm³/mol. The zero-order valence-electron chi connectivity index (χ0n) is 11.9. The molecule has 1 aromatic heterocycles. The number of methoxy groups -OCH3 is 1. The summed E-state index contributed by atoms with van der Waals surface area (Å²) in [7, 11) is 1.61. The second kappa shape index (κ2) is 8.03. The topological polar surface area (TPSA) is 47.0 Å². The molecule has 1 aromatic rings. The van der Waals surface area contributed by atoms with Gasteiger partial charge in [0.15, 0.2) is 0 Å². The van der Waals surface area contributed by atoms with Crippen molar-refractivity contribution in [2.75, 3.05) is 13.7 Å². The van der Waals surface area contributed by atoms with Crippen molar-refractivity contribution in [2.45, 2.75) is 46.1 Å². The minimum absolute atomic E-state index is 0.281. The molecule has 102 valence electrons. The summed E-state index contributed by atoms with van der Waals surface area (Å²) in [5.41, 5.74) is 1.00. The van der Waals surface area contributed by atoms with E-state index in [1.807, 2.05) is 12.1 Å². The van der Waals surface area contributed by atoms with Gasteiger partial charge in [0.1, 0.15) is 0 Å². The van der Waals surface area contributed by atoms with Gasteiger partial charge in [-0.25, -0.2) is 0 Å².